The van der Waals surface area contributed by atoms with Crippen LogP contribution >= 0.6 is 0 Å². The first kappa shape index (κ1) is 21.5. The quantitative estimate of drug-likeness (QED) is 0.518. The van der Waals surface area contributed by atoms with E-state index in [1.54, 1.807) is 24.3 Å². The Labute approximate surface area is 186 Å². The number of nitrogens with one attached hydrogen (secondary N) is 2. The molecule has 2 N–H and O–H groups in total. The molecule has 1 aromatic heterocycles. The van der Waals surface area contributed by atoms with E-state index in [1.807, 2.05) is 13.0 Å². The third-order valence-corrected chi connectivity index (χ3v) is 5.12. The number of ether oxygens (including phenoxy) is 1. The van der Waals surface area contributed by atoms with E-state index < -0.39 is 0 Å². The highest BCUT2D eigenvalue weighted by atomic mass is 19.1. The number of aryl methyl sites for hydroxylation is 1. The Morgan fingerprint density at radius 1 is 1.03 bits per heavy atom. The van der Waals surface area contributed by atoms with E-state index in [1.165, 1.54) is 37.1 Å². The molecule has 1 saturated heterocycles. The summed E-state index contributed by atoms with van der Waals surface area (Å²) in [7, 11) is 0. The molecule has 0 aliphatic carbocycles. The zero-order chi connectivity index (χ0) is 22.3. The van der Waals surface area contributed by atoms with Gasteiger partial charge in [0.2, 0.25) is 0 Å². The van der Waals surface area contributed by atoms with Crippen LogP contribution in [-0.2, 0) is 0 Å². The summed E-state index contributed by atoms with van der Waals surface area (Å²) in [6.45, 7) is 4.90. The minimum Gasteiger partial charge on any atom is -0.457 e. The van der Waals surface area contributed by atoms with Crippen LogP contribution in [0.2, 0.25) is 0 Å². The number of benzene rings is 2. The number of hydrogen-bond donors (Lipinski definition) is 2. The van der Waals surface area contributed by atoms with Gasteiger partial charge in [-0.15, -0.1) is 0 Å². The summed E-state index contributed by atoms with van der Waals surface area (Å²) < 4.78 is 18.7. The molecule has 0 bridgehead atoms. The summed E-state index contributed by atoms with van der Waals surface area (Å²) in [6, 6.07) is 14.6. The van der Waals surface area contributed by atoms with Crippen LogP contribution in [0.5, 0.6) is 11.5 Å². The first-order valence-corrected chi connectivity index (χ1v) is 10.7. The van der Waals surface area contributed by atoms with Crippen LogP contribution in [0.1, 0.15) is 29.0 Å². The number of carbonyl (C=O) groups is 1. The van der Waals surface area contributed by atoms with Gasteiger partial charge in [0.1, 0.15) is 34.8 Å². The molecule has 1 aliphatic rings. The van der Waals surface area contributed by atoms with Crippen LogP contribution in [0.3, 0.4) is 0 Å². The fraction of sp³-hybridized carbons (Fsp3) is 0.292. The highest BCUT2D eigenvalue weighted by molar-refractivity contribution is 5.94. The van der Waals surface area contributed by atoms with Crippen LogP contribution in [0, 0.1) is 12.7 Å². The second kappa shape index (κ2) is 10.1. The van der Waals surface area contributed by atoms with E-state index >= 15 is 0 Å². The van der Waals surface area contributed by atoms with E-state index in [0.29, 0.717) is 30.2 Å². The molecule has 32 heavy (non-hydrogen) atoms. The lowest BCUT2D eigenvalue weighted by atomic mass is 10.2. The SMILES string of the molecule is Cc1nc(NCCNC(=O)c2cccc(Oc3ccc(F)cc3)c2)cc(N2CCCC2)n1. The molecule has 4 rings (SSSR count). The molecule has 1 amide bonds. The second-order valence-corrected chi connectivity index (χ2v) is 7.62. The smallest absolute Gasteiger partial charge is 0.251 e. The van der Waals surface area contributed by atoms with Gasteiger partial charge in [-0.1, -0.05) is 6.07 Å². The summed E-state index contributed by atoms with van der Waals surface area (Å²) in [5.74, 6) is 2.90. The van der Waals surface area contributed by atoms with Crippen molar-refractivity contribution in [3.05, 3.63) is 71.8 Å². The molecule has 166 valence electrons. The van der Waals surface area contributed by atoms with Gasteiger partial charge in [0.05, 0.1) is 0 Å². The van der Waals surface area contributed by atoms with Gasteiger partial charge in [0.15, 0.2) is 0 Å². The molecular weight excluding hydrogens is 409 g/mol. The molecule has 0 radical (unpaired) electrons. The summed E-state index contributed by atoms with van der Waals surface area (Å²) in [6.07, 6.45) is 2.38. The maximum atomic E-state index is 13.0. The number of halogens is 1. The maximum absolute atomic E-state index is 13.0. The molecule has 0 spiro atoms. The Balaban J connectivity index is 1.28. The zero-order valence-corrected chi connectivity index (χ0v) is 18.0. The van der Waals surface area contributed by atoms with E-state index in [4.69, 9.17) is 4.74 Å². The monoisotopic (exact) mass is 435 g/mol. The van der Waals surface area contributed by atoms with Crippen molar-refractivity contribution in [2.75, 3.05) is 36.4 Å². The van der Waals surface area contributed by atoms with E-state index in [2.05, 4.69) is 25.5 Å². The van der Waals surface area contributed by atoms with Gasteiger partial charge in [0.25, 0.3) is 5.91 Å². The molecular formula is C24H26FN5O2. The van der Waals surface area contributed by atoms with Crippen molar-refractivity contribution < 1.29 is 13.9 Å². The molecule has 0 atom stereocenters. The zero-order valence-electron chi connectivity index (χ0n) is 18.0. The van der Waals surface area contributed by atoms with Crippen LogP contribution in [0.25, 0.3) is 0 Å². The highest BCUT2D eigenvalue weighted by Crippen LogP contribution is 2.23. The topological polar surface area (TPSA) is 79.4 Å². The van der Waals surface area contributed by atoms with Crippen LogP contribution < -0.4 is 20.3 Å². The Morgan fingerprint density at radius 3 is 2.59 bits per heavy atom. The Kier molecular flexibility index (Phi) is 6.79. The molecule has 1 fully saturated rings. The van der Waals surface area contributed by atoms with Gasteiger partial charge in [0, 0.05) is 37.8 Å². The van der Waals surface area contributed by atoms with Gasteiger partial charge >= 0.3 is 0 Å². The lowest BCUT2D eigenvalue weighted by Gasteiger charge is -2.17. The normalized spacial score (nSPS) is 13.1. The predicted molar refractivity (Wildman–Crippen MR) is 122 cm³/mol. The number of nitrogens with zero attached hydrogens (tertiary/aromatic N) is 3. The van der Waals surface area contributed by atoms with Crippen molar-refractivity contribution >= 4 is 17.5 Å². The summed E-state index contributed by atoms with van der Waals surface area (Å²) in [5.41, 5.74) is 0.485. The second-order valence-electron chi connectivity index (χ2n) is 7.62. The van der Waals surface area contributed by atoms with Crippen molar-refractivity contribution in [1.82, 2.24) is 15.3 Å². The average molecular weight is 436 g/mol. The van der Waals surface area contributed by atoms with Crippen molar-refractivity contribution in [1.29, 1.82) is 0 Å². The minimum absolute atomic E-state index is 0.201. The van der Waals surface area contributed by atoms with Crippen molar-refractivity contribution in [3.8, 4) is 11.5 Å². The molecule has 2 heterocycles. The largest absolute Gasteiger partial charge is 0.457 e. The van der Waals surface area contributed by atoms with Crippen molar-refractivity contribution in [3.63, 3.8) is 0 Å². The maximum Gasteiger partial charge on any atom is 0.251 e. The van der Waals surface area contributed by atoms with Gasteiger partial charge in [-0.3, -0.25) is 4.79 Å². The molecule has 0 unspecified atom stereocenters. The fourth-order valence-electron chi connectivity index (χ4n) is 3.56. The van der Waals surface area contributed by atoms with Gasteiger partial charge < -0.3 is 20.3 Å². The molecule has 7 nitrogen and oxygen atoms in total. The lowest BCUT2D eigenvalue weighted by molar-refractivity contribution is 0.0955. The highest BCUT2D eigenvalue weighted by Gasteiger charge is 2.15. The number of hydrogen-bond acceptors (Lipinski definition) is 6. The number of rotatable bonds is 8. The van der Waals surface area contributed by atoms with Gasteiger partial charge in [-0.2, -0.15) is 0 Å². The molecule has 1 aliphatic heterocycles. The van der Waals surface area contributed by atoms with Crippen LogP contribution in [0.4, 0.5) is 16.0 Å². The van der Waals surface area contributed by atoms with Crippen molar-refractivity contribution in [2.24, 2.45) is 0 Å². The van der Waals surface area contributed by atoms with Gasteiger partial charge in [-0.25, -0.2) is 14.4 Å². The van der Waals surface area contributed by atoms with Crippen LogP contribution in [0.15, 0.2) is 54.6 Å². The first-order valence-electron chi connectivity index (χ1n) is 10.7. The first-order chi connectivity index (χ1) is 15.6. The number of aromatic nitrogens is 2. The molecule has 0 saturated carbocycles. The standard InChI is InChI=1S/C24H26FN5O2/c1-17-28-22(16-23(29-17)30-13-2-3-14-30)26-11-12-27-24(31)18-5-4-6-21(15-18)32-20-9-7-19(25)8-10-20/h4-10,15-16H,2-3,11-14H2,1H3,(H,27,31)(H,26,28,29). The fourth-order valence-corrected chi connectivity index (χ4v) is 3.56. The Bertz CT molecular complexity index is 1070. The Morgan fingerprint density at radius 2 is 1.81 bits per heavy atom. The van der Waals surface area contributed by atoms with E-state index in [9.17, 15) is 9.18 Å². The van der Waals surface area contributed by atoms with Crippen molar-refractivity contribution in [2.45, 2.75) is 19.8 Å². The summed E-state index contributed by atoms with van der Waals surface area (Å²) in [5, 5.41) is 6.15. The van der Waals surface area contributed by atoms with Gasteiger partial charge in [-0.05, 0) is 62.2 Å². The molecule has 8 heteroatoms. The molecule has 3 aromatic rings. The average Bonchev–Trinajstić information content (AvgIpc) is 3.33. The number of amides is 1. The Hall–Kier alpha value is -3.68. The minimum atomic E-state index is -0.330. The number of anilines is 2. The lowest BCUT2D eigenvalue weighted by Crippen LogP contribution is -2.29. The third-order valence-electron chi connectivity index (χ3n) is 5.12. The van der Waals surface area contributed by atoms with E-state index in [0.717, 1.165) is 30.5 Å². The molecule has 2 aromatic carbocycles. The summed E-state index contributed by atoms with van der Waals surface area (Å²) in [4.78, 5) is 23.7. The van der Waals surface area contributed by atoms with E-state index in [-0.39, 0.29) is 11.7 Å². The predicted octanol–water partition coefficient (Wildman–Crippen LogP) is 4.16. The third kappa shape index (κ3) is 5.72. The summed E-state index contributed by atoms with van der Waals surface area (Å²) >= 11 is 0. The number of carbonyl (C=O) groups excluding carboxylic acids is 1. The van der Waals surface area contributed by atoms with Crippen LogP contribution in [-0.4, -0.2) is 42.1 Å².